The summed E-state index contributed by atoms with van der Waals surface area (Å²) < 4.78 is 13.8. The largest absolute Gasteiger partial charge is 0.496 e. The van der Waals surface area contributed by atoms with Gasteiger partial charge in [-0.1, -0.05) is 0 Å². The summed E-state index contributed by atoms with van der Waals surface area (Å²) in [5.74, 6) is 1.32. The van der Waals surface area contributed by atoms with Gasteiger partial charge in [-0.15, -0.1) is 10.2 Å². The van der Waals surface area contributed by atoms with Gasteiger partial charge in [-0.05, 0) is 46.3 Å². The summed E-state index contributed by atoms with van der Waals surface area (Å²) in [6.45, 7) is 0. The van der Waals surface area contributed by atoms with Gasteiger partial charge in [-0.3, -0.25) is 4.57 Å². The Kier molecular flexibility index (Phi) is 3.34. The molecule has 0 bridgehead atoms. The van der Waals surface area contributed by atoms with Crippen molar-refractivity contribution in [2.45, 2.75) is 0 Å². The summed E-state index contributed by atoms with van der Waals surface area (Å²) >= 11 is 3.47. The molecule has 0 aliphatic carbocycles. The van der Waals surface area contributed by atoms with Crippen LogP contribution in [0.15, 0.2) is 57.9 Å². The molecule has 0 unspecified atom stereocenters. The highest BCUT2D eigenvalue weighted by molar-refractivity contribution is 9.10. The van der Waals surface area contributed by atoms with E-state index in [1.165, 1.54) is 0 Å². The van der Waals surface area contributed by atoms with E-state index in [0.29, 0.717) is 11.5 Å². The number of hydrogen-bond donors (Lipinski definition) is 0. The fraction of sp³-hybridized carbons (Fsp3) is 0.0625. The number of ether oxygens (including phenoxy) is 1. The van der Waals surface area contributed by atoms with Gasteiger partial charge in [-0.2, -0.15) is 0 Å². The molecule has 0 saturated heterocycles. The molecule has 2 heterocycles. The first-order valence-corrected chi connectivity index (χ1v) is 7.63. The molecule has 2 aromatic heterocycles. The molecular weight excluding hydrogens is 360 g/mol. The third kappa shape index (κ3) is 2.49. The molecule has 0 saturated carbocycles. The third-order valence-electron chi connectivity index (χ3n) is 3.49. The number of aromatic nitrogens is 4. The first-order chi connectivity index (χ1) is 11.2. The molecule has 0 aliphatic rings. The van der Waals surface area contributed by atoms with Crippen LogP contribution in [0.3, 0.4) is 0 Å². The topological polar surface area (TPSA) is 66.0 Å². The second-order valence-corrected chi connectivity index (χ2v) is 5.74. The molecule has 7 heteroatoms. The van der Waals surface area contributed by atoms with Crippen LogP contribution in [0.1, 0.15) is 0 Å². The fourth-order valence-corrected chi connectivity index (χ4v) is 2.87. The molecule has 0 amide bonds. The average molecular weight is 371 g/mol. The number of hydrogen-bond acceptors (Lipinski definition) is 5. The van der Waals surface area contributed by atoms with Crippen molar-refractivity contribution in [1.82, 2.24) is 19.7 Å². The van der Waals surface area contributed by atoms with Crippen LogP contribution in [0.4, 0.5) is 0 Å². The van der Waals surface area contributed by atoms with E-state index in [0.717, 1.165) is 27.0 Å². The van der Waals surface area contributed by atoms with E-state index in [4.69, 9.17) is 9.15 Å². The van der Waals surface area contributed by atoms with Crippen LogP contribution < -0.4 is 4.74 Å². The first kappa shape index (κ1) is 14.0. The monoisotopic (exact) mass is 370 g/mol. The minimum atomic E-state index is 0.559. The van der Waals surface area contributed by atoms with Crippen LogP contribution >= 0.6 is 15.9 Å². The molecule has 0 spiro atoms. The Morgan fingerprint density at radius 2 is 1.91 bits per heavy atom. The van der Waals surface area contributed by atoms with Crippen LogP contribution in [0.2, 0.25) is 0 Å². The zero-order chi connectivity index (χ0) is 15.8. The van der Waals surface area contributed by atoms with Gasteiger partial charge in [0.15, 0.2) is 5.58 Å². The first-order valence-electron chi connectivity index (χ1n) is 6.84. The van der Waals surface area contributed by atoms with E-state index in [-0.39, 0.29) is 0 Å². The Labute approximate surface area is 139 Å². The van der Waals surface area contributed by atoms with E-state index in [9.17, 15) is 0 Å². The van der Waals surface area contributed by atoms with Gasteiger partial charge < -0.3 is 9.15 Å². The SMILES string of the molecule is COc1ccc(-c2nc3ccc(-n4cnnc4)cc3o2)cc1Br. The Hall–Kier alpha value is -2.67. The summed E-state index contributed by atoms with van der Waals surface area (Å²) in [5.41, 5.74) is 3.29. The second-order valence-electron chi connectivity index (χ2n) is 4.89. The van der Waals surface area contributed by atoms with Crippen molar-refractivity contribution in [2.24, 2.45) is 0 Å². The Balaban J connectivity index is 1.78. The maximum Gasteiger partial charge on any atom is 0.227 e. The van der Waals surface area contributed by atoms with Gasteiger partial charge in [0, 0.05) is 11.6 Å². The highest BCUT2D eigenvalue weighted by Gasteiger charge is 2.11. The smallest absolute Gasteiger partial charge is 0.227 e. The maximum absolute atomic E-state index is 5.89. The van der Waals surface area contributed by atoms with E-state index in [1.54, 1.807) is 19.8 Å². The van der Waals surface area contributed by atoms with Gasteiger partial charge in [0.1, 0.15) is 23.9 Å². The molecule has 114 valence electrons. The molecule has 0 fully saturated rings. The third-order valence-corrected chi connectivity index (χ3v) is 4.11. The van der Waals surface area contributed by atoms with Gasteiger partial charge in [0.05, 0.1) is 17.3 Å². The van der Waals surface area contributed by atoms with Crippen LogP contribution in [0.5, 0.6) is 5.75 Å². The summed E-state index contributed by atoms with van der Waals surface area (Å²) in [6.07, 6.45) is 3.28. The molecule has 4 aromatic rings. The molecule has 0 radical (unpaired) electrons. The summed E-state index contributed by atoms with van der Waals surface area (Å²) in [7, 11) is 1.63. The molecular formula is C16H11BrN4O2. The Morgan fingerprint density at radius 1 is 1.09 bits per heavy atom. The van der Waals surface area contributed by atoms with Crippen molar-refractivity contribution in [1.29, 1.82) is 0 Å². The molecule has 2 aromatic carbocycles. The zero-order valence-electron chi connectivity index (χ0n) is 12.1. The standard InChI is InChI=1S/C16H11BrN4O2/c1-22-14-5-2-10(6-12(14)17)16-20-13-4-3-11(7-15(13)23-16)21-8-18-19-9-21/h2-9H,1H3. The highest BCUT2D eigenvalue weighted by Crippen LogP contribution is 2.32. The number of nitrogens with zero attached hydrogens (tertiary/aromatic N) is 4. The lowest BCUT2D eigenvalue weighted by Gasteiger charge is -2.03. The normalized spacial score (nSPS) is 11.0. The van der Waals surface area contributed by atoms with Crippen molar-refractivity contribution in [2.75, 3.05) is 7.11 Å². The van der Waals surface area contributed by atoms with E-state index >= 15 is 0 Å². The highest BCUT2D eigenvalue weighted by atomic mass is 79.9. The van der Waals surface area contributed by atoms with Gasteiger partial charge >= 0.3 is 0 Å². The minimum Gasteiger partial charge on any atom is -0.496 e. The van der Waals surface area contributed by atoms with Crippen molar-refractivity contribution in [3.8, 4) is 22.9 Å². The van der Waals surface area contributed by atoms with E-state index in [1.807, 2.05) is 41.0 Å². The molecule has 6 nitrogen and oxygen atoms in total. The van der Waals surface area contributed by atoms with Crippen LogP contribution in [0, 0.1) is 0 Å². The lowest BCUT2D eigenvalue weighted by molar-refractivity contribution is 0.412. The number of benzene rings is 2. The van der Waals surface area contributed by atoms with E-state index in [2.05, 4.69) is 31.1 Å². The number of halogens is 1. The average Bonchev–Trinajstić information content (AvgIpc) is 3.23. The van der Waals surface area contributed by atoms with E-state index < -0.39 is 0 Å². The lowest BCUT2D eigenvalue weighted by Crippen LogP contribution is -1.88. The van der Waals surface area contributed by atoms with Crippen molar-refractivity contribution < 1.29 is 9.15 Å². The zero-order valence-corrected chi connectivity index (χ0v) is 13.7. The molecule has 0 aliphatic heterocycles. The predicted octanol–water partition coefficient (Wildman–Crippen LogP) is 3.85. The minimum absolute atomic E-state index is 0.559. The number of fused-ring (bicyclic) bond motifs is 1. The summed E-state index contributed by atoms with van der Waals surface area (Å²) in [5, 5.41) is 7.61. The number of methoxy groups -OCH3 is 1. The Bertz CT molecular complexity index is 979. The molecule has 4 rings (SSSR count). The Morgan fingerprint density at radius 3 is 2.65 bits per heavy atom. The molecule has 0 N–H and O–H groups in total. The summed E-state index contributed by atoms with van der Waals surface area (Å²) in [4.78, 5) is 4.53. The van der Waals surface area contributed by atoms with Crippen molar-refractivity contribution >= 4 is 27.0 Å². The number of rotatable bonds is 3. The quantitative estimate of drug-likeness (QED) is 0.547. The summed E-state index contributed by atoms with van der Waals surface area (Å²) in [6, 6.07) is 11.5. The molecule has 23 heavy (non-hydrogen) atoms. The fourth-order valence-electron chi connectivity index (χ4n) is 2.33. The van der Waals surface area contributed by atoms with Crippen molar-refractivity contribution in [3.63, 3.8) is 0 Å². The maximum atomic E-state index is 5.89. The van der Waals surface area contributed by atoms with Crippen LogP contribution in [-0.4, -0.2) is 26.9 Å². The van der Waals surface area contributed by atoms with Gasteiger partial charge in [0.2, 0.25) is 5.89 Å². The van der Waals surface area contributed by atoms with Crippen molar-refractivity contribution in [3.05, 3.63) is 53.5 Å². The van der Waals surface area contributed by atoms with Gasteiger partial charge in [-0.25, -0.2) is 4.98 Å². The van der Waals surface area contributed by atoms with Crippen LogP contribution in [-0.2, 0) is 0 Å². The second kappa shape index (κ2) is 5.51. The van der Waals surface area contributed by atoms with Crippen LogP contribution in [0.25, 0.3) is 28.2 Å². The number of oxazole rings is 1. The van der Waals surface area contributed by atoms with Gasteiger partial charge in [0.25, 0.3) is 0 Å². The predicted molar refractivity (Wildman–Crippen MR) is 88.6 cm³/mol. The molecule has 0 atom stereocenters. The lowest BCUT2D eigenvalue weighted by atomic mass is 10.2.